The van der Waals surface area contributed by atoms with Crippen LogP contribution in [0, 0.1) is 0 Å². The first kappa shape index (κ1) is 15.8. The summed E-state index contributed by atoms with van der Waals surface area (Å²) >= 11 is 12.3. The minimum absolute atomic E-state index is 0.395. The van der Waals surface area contributed by atoms with Crippen molar-refractivity contribution in [3.8, 4) is 5.69 Å². The van der Waals surface area contributed by atoms with Crippen LogP contribution in [0.3, 0.4) is 0 Å². The molecule has 0 saturated carbocycles. The van der Waals surface area contributed by atoms with Crippen molar-refractivity contribution < 1.29 is 0 Å². The molecule has 0 atom stereocenters. The third-order valence-electron chi connectivity index (χ3n) is 3.73. The first-order valence-corrected chi connectivity index (χ1v) is 8.28. The number of anilines is 1. The lowest BCUT2D eigenvalue weighted by atomic mass is 10.1. The molecule has 0 aliphatic heterocycles. The SMILES string of the molecule is Clc1cccc(-n2nnnc2NCc2cnc3ccccc3c2)c1Cl. The molecule has 0 bridgehead atoms. The van der Waals surface area contributed by atoms with Gasteiger partial charge in [-0.2, -0.15) is 4.68 Å². The summed E-state index contributed by atoms with van der Waals surface area (Å²) in [5, 5.41) is 16.8. The molecule has 124 valence electrons. The molecule has 0 saturated heterocycles. The van der Waals surface area contributed by atoms with Crippen molar-refractivity contribution in [1.29, 1.82) is 0 Å². The Hall–Kier alpha value is -2.70. The van der Waals surface area contributed by atoms with Crippen LogP contribution in [0.1, 0.15) is 5.56 Å². The van der Waals surface area contributed by atoms with Crippen LogP contribution in [0.5, 0.6) is 0 Å². The number of aromatic nitrogens is 5. The molecule has 2 aromatic carbocycles. The Balaban J connectivity index is 1.59. The molecule has 1 N–H and O–H groups in total. The van der Waals surface area contributed by atoms with Gasteiger partial charge in [-0.15, -0.1) is 0 Å². The third kappa shape index (κ3) is 3.14. The van der Waals surface area contributed by atoms with Crippen LogP contribution in [-0.2, 0) is 6.54 Å². The largest absolute Gasteiger partial charge is 0.349 e. The molecule has 0 fully saturated rings. The molecule has 2 aromatic heterocycles. The summed E-state index contributed by atoms with van der Waals surface area (Å²) in [6.07, 6.45) is 1.83. The average molecular weight is 371 g/mol. The topological polar surface area (TPSA) is 68.5 Å². The lowest BCUT2D eigenvalue weighted by Crippen LogP contribution is -2.08. The lowest BCUT2D eigenvalue weighted by Gasteiger charge is -2.09. The van der Waals surface area contributed by atoms with Crippen LogP contribution in [-0.4, -0.2) is 25.2 Å². The Labute approximate surface area is 153 Å². The van der Waals surface area contributed by atoms with E-state index in [4.69, 9.17) is 23.2 Å². The molecule has 4 aromatic rings. The fraction of sp³-hybridized carbons (Fsp3) is 0.0588. The second kappa shape index (κ2) is 6.66. The number of halogens is 2. The van der Waals surface area contributed by atoms with E-state index < -0.39 is 0 Å². The Bertz CT molecular complexity index is 1050. The summed E-state index contributed by atoms with van der Waals surface area (Å²) in [5.74, 6) is 0.470. The van der Waals surface area contributed by atoms with Crippen molar-refractivity contribution in [2.45, 2.75) is 6.54 Å². The number of nitrogens with zero attached hydrogens (tertiary/aromatic N) is 5. The van der Waals surface area contributed by atoms with Gasteiger partial charge in [0.2, 0.25) is 5.95 Å². The Kier molecular flexibility index (Phi) is 4.21. The molecule has 0 aliphatic carbocycles. The fourth-order valence-electron chi connectivity index (χ4n) is 2.51. The van der Waals surface area contributed by atoms with Gasteiger partial charge in [0.25, 0.3) is 0 Å². The zero-order chi connectivity index (χ0) is 17.2. The molecule has 0 amide bonds. The summed E-state index contributed by atoms with van der Waals surface area (Å²) in [6, 6.07) is 15.4. The van der Waals surface area contributed by atoms with Crippen molar-refractivity contribution in [3.05, 3.63) is 70.3 Å². The van der Waals surface area contributed by atoms with Crippen LogP contribution in [0.4, 0.5) is 5.95 Å². The maximum atomic E-state index is 6.25. The van der Waals surface area contributed by atoms with Gasteiger partial charge in [-0.25, -0.2) is 0 Å². The van der Waals surface area contributed by atoms with E-state index in [2.05, 4.69) is 31.9 Å². The van der Waals surface area contributed by atoms with Crippen molar-refractivity contribution in [2.24, 2.45) is 0 Å². The summed E-state index contributed by atoms with van der Waals surface area (Å²) < 4.78 is 1.52. The highest BCUT2D eigenvalue weighted by Crippen LogP contribution is 2.29. The number of hydrogen-bond donors (Lipinski definition) is 1. The zero-order valence-corrected chi connectivity index (χ0v) is 14.4. The lowest BCUT2D eigenvalue weighted by molar-refractivity contribution is 0.789. The van der Waals surface area contributed by atoms with Crippen molar-refractivity contribution in [3.63, 3.8) is 0 Å². The van der Waals surface area contributed by atoms with Crippen molar-refractivity contribution >= 4 is 40.1 Å². The number of pyridine rings is 1. The fourth-order valence-corrected chi connectivity index (χ4v) is 2.89. The molecule has 25 heavy (non-hydrogen) atoms. The van der Waals surface area contributed by atoms with E-state index >= 15 is 0 Å². The number of nitrogens with one attached hydrogen (secondary N) is 1. The molecule has 2 heterocycles. The van der Waals surface area contributed by atoms with Gasteiger partial charge in [0.1, 0.15) is 0 Å². The smallest absolute Gasteiger partial charge is 0.248 e. The van der Waals surface area contributed by atoms with Crippen LogP contribution in [0.15, 0.2) is 54.7 Å². The molecule has 4 rings (SSSR count). The average Bonchev–Trinajstić information content (AvgIpc) is 3.10. The number of tetrazole rings is 1. The third-order valence-corrected chi connectivity index (χ3v) is 4.54. The van der Waals surface area contributed by atoms with Crippen LogP contribution in [0.25, 0.3) is 16.6 Å². The normalized spacial score (nSPS) is 11.0. The molecular formula is C17H12Cl2N6. The van der Waals surface area contributed by atoms with Crippen LogP contribution < -0.4 is 5.32 Å². The minimum Gasteiger partial charge on any atom is -0.349 e. The predicted molar refractivity (Wildman–Crippen MR) is 98.2 cm³/mol. The quantitative estimate of drug-likeness (QED) is 0.584. The van der Waals surface area contributed by atoms with Gasteiger partial charge in [-0.3, -0.25) is 4.98 Å². The van der Waals surface area contributed by atoms with Crippen molar-refractivity contribution in [1.82, 2.24) is 25.2 Å². The van der Waals surface area contributed by atoms with E-state index in [-0.39, 0.29) is 0 Å². The Morgan fingerprint density at radius 1 is 1.04 bits per heavy atom. The van der Waals surface area contributed by atoms with Crippen LogP contribution in [0.2, 0.25) is 10.0 Å². The predicted octanol–water partition coefficient (Wildman–Crippen LogP) is 4.13. The number of hydrogen-bond acceptors (Lipinski definition) is 5. The highest BCUT2D eigenvalue weighted by molar-refractivity contribution is 6.43. The number of benzene rings is 2. The van der Waals surface area contributed by atoms with E-state index in [1.807, 2.05) is 30.5 Å². The molecule has 0 radical (unpaired) electrons. The maximum absolute atomic E-state index is 6.25. The summed E-state index contributed by atoms with van der Waals surface area (Å²) in [7, 11) is 0. The molecular weight excluding hydrogens is 359 g/mol. The van der Waals surface area contributed by atoms with Gasteiger partial charge in [0.15, 0.2) is 0 Å². The number of fused-ring (bicyclic) bond motifs is 1. The van der Waals surface area contributed by atoms with Gasteiger partial charge < -0.3 is 5.32 Å². The van der Waals surface area contributed by atoms with E-state index in [0.29, 0.717) is 28.2 Å². The minimum atomic E-state index is 0.395. The van der Waals surface area contributed by atoms with E-state index in [1.165, 1.54) is 4.68 Å². The highest BCUT2D eigenvalue weighted by Gasteiger charge is 2.13. The molecule has 0 unspecified atom stereocenters. The van der Waals surface area contributed by atoms with Gasteiger partial charge in [-0.1, -0.05) is 52.6 Å². The van der Waals surface area contributed by atoms with Crippen LogP contribution >= 0.6 is 23.2 Å². The van der Waals surface area contributed by atoms with E-state index in [1.54, 1.807) is 18.2 Å². The summed E-state index contributed by atoms with van der Waals surface area (Å²) in [6.45, 7) is 0.524. The standard InChI is InChI=1S/C17H12Cl2N6/c18-13-5-3-7-15(16(13)19)25-17(22-23-24-25)21-10-11-8-12-4-1-2-6-14(12)20-9-11/h1-9H,10H2,(H,21,22,24). The summed E-state index contributed by atoms with van der Waals surface area (Å²) in [4.78, 5) is 4.45. The Morgan fingerprint density at radius 2 is 1.92 bits per heavy atom. The number of rotatable bonds is 4. The molecule has 0 spiro atoms. The molecule has 6 nitrogen and oxygen atoms in total. The van der Waals surface area contributed by atoms with Crippen molar-refractivity contribution in [2.75, 3.05) is 5.32 Å². The van der Waals surface area contributed by atoms with E-state index in [9.17, 15) is 0 Å². The van der Waals surface area contributed by atoms with Gasteiger partial charge in [-0.05, 0) is 40.3 Å². The number of para-hydroxylation sites is 1. The van der Waals surface area contributed by atoms with Gasteiger partial charge in [0, 0.05) is 18.1 Å². The monoisotopic (exact) mass is 370 g/mol. The second-order valence-electron chi connectivity index (χ2n) is 5.38. The highest BCUT2D eigenvalue weighted by atomic mass is 35.5. The molecule has 0 aliphatic rings. The Morgan fingerprint density at radius 3 is 2.84 bits per heavy atom. The van der Waals surface area contributed by atoms with Gasteiger partial charge in [0.05, 0.1) is 21.2 Å². The first-order valence-electron chi connectivity index (χ1n) is 7.53. The molecule has 8 heteroatoms. The second-order valence-corrected chi connectivity index (χ2v) is 6.16. The zero-order valence-electron chi connectivity index (χ0n) is 12.9. The van der Waals surface area contributed by atoms with E-state index in [0.717, 1.165) is 16.5 Å². The summed E-state index contributed by atoms with van der Waals surface area (Å²) in [5.41, 5.74) is 2.59. The van der Waals surface area contributed by atoms with Gasteiger partial charge >= 0.3 is 0 Å². The maximum Gasteiger partial charge on any atom is 0.248 e. The first-order chi connectivity index (χ1) is 12.2.